The number of rotatable bonds is 9. The maximum absolute atomic E-state index is 14.1. The van der Waals surface area contributed by atoms with E-state index in [9.17, 15) is 71.2 Å². The first-order valence-corrected chi connectivity index (χ1v) is 16.5. The van der Waals surface area contributed by atoms with E-state index in [4.69, 9.17) is 32.8 Å². The first-order chi connectivity index (χ1) is 25.5. The Morgan fingerprint density at radius 2 is 1.22 bits per heavy atom. The lowest BCUT2D eigenvalue weighted by molar-refractivity contribution is -0.318. The summed E-state index contributed by atoms with van der Waals surface area (Å²) in [6.45, 7) is -0.0204. The number of ether oxygens (including phenoxy) is 6. The minimum Gasteiger partial charge on any atom is -0.507 e. The Morgan fingerprint density at radius 3 is 1.87 bits per heavy atom. The van der Waals surface area contributed by atoms with Gasteiger partial charge in [-0.15, -0.1) is 0 Å². The maximum atomic E-state index is 14.1. The van der Waals surface area contributed by atoms with Gasteiger partial charge in [-0.05, 0) is 25.1 Å². The van der Waals surface area contributed by atoms with E-state index in [2.05, 4.69) is 0 Å². The number of aromatic hydroxyl groups is 3. The van der Waals surface area contributed by atoms with Crippen molar-refractivity contribution in [2.24, 2.45) is 0 Å². The van der Waals surface area contributed by atoms with Crippen LogP contribution in [0.3, 0.4) is 0 Å². The molecule has 1 unspecified atom stereocenters. The molecule has 2 aromatic carbocycles. The molecule has 21 nitrogen and oxygen atoms in total. The third-order valence-electron chi connectivity index (χ3n) is 9.38. The Hall–Kier alpha value is -3.91. The van der Waals surface area contributed by atoms with Crippen LogP contribution in [0.1, 0.15) is 6.92 Å². The summed E-state index contributed by atoms with van der Waals surface area (Å²) in [5.74, 6) is -3.63. The molecule has 0 bridgehead atoms. The van der Waals surface area contributed by atoms with Crippen LogP contribution >= 0.6 is 0 Å². The minimum atomic E-state index is -2.05. The molecule has 0 saturated carbocycles. The van der Waals surface area contributed by atoms with Crippen molar-refractivity contribution >= 4 is 11.0 Å². The van der Waals surface area contributed by atoms with E-state index in [1.807, 2.05) is 0 Å². The van der Waals surface area contributed by atoms with Gasteiger partial charge >= 0.3 is 0 Å². The van der Waals surface area contributed by atoms with Gasteiger partial charge in [0.25, 0.3) is 0 Å². The van der Waals surface area contributed by atoms with Gasteiger partial charge in [-0.2, -0.15) is 0 Å². The van der Waals surface area contributed by atoms with E-state index in [-0.39, 0.29) is 11.3 Å². The van der Waals surface area contributed by atoms with E-state index in [0.717, 1.165) is 24.3 Å². The number of fused-ring (bicyclic) bond motifs is 1. The van der Waals surface area contributed by atoms with Crippen molar-refractivity contribution in [1.29, 1.82) is 0 Å². The summed E-state index contributed by atoms with van der Waals surface area (Å²) in [4.78, 5) is 14.1. The van der Waals surface area contributed by atoms with Gasteiger partial charge in [0, 0.05) is 17.7 Å². The number of hydrogen-bond donors (Lipinski definition) is 13. The van der Waals surface area contributed by atoms with E-state index < -0.39 is 150 Å². The third kappa shape index (κ3) is 7.39. The number of hydrogen-bond acceptors (Lipinski definition) is 21. The standard InChI is InChI=1S/C33H40O21/c1-9-19(38)23(42)26(45)31(49-9)48-8-17-21(40)25(44)28(47)33(53-17)54-30-22(41)18-14(37)5-11(50-32-27(46)24(43)20(39)16(7-34)52-32)6-15(18)51-29(30)10-2-3-12(35)13(36)4-10/h2-6,9,16-17,19-21,23-28,31-40,42-47H,7-8H2,1H3/t9-,16+,17+,19+,20-,21+,23+,24-,25-,26+,27+,28+,31+,32-,33?/m0/s1. The zero-order valence-corrected chi connectivity index (χ0v) is 28.0. The van der Waals surface area contributed by atoms with Gasteiger partial charge in [-0.3, -0.25) is 4.79 Å². The molecule has 15 atom stereocenters. The number of phenols is 3. The third-order valence-corrected chi connectivity index (χ3v) is 9.38. The smallest absolute Gasteiger partial charge is 0.239 e. The molecule has 13 N–H and O–H groups in total. The van der Waals surface area contributed by atoms with Crippen molar-refractivity contribution in [3.05, 3.63) is 40.6 Å². The molecule has 0 amide bonds. The predicted molar refractivity (Wildman–Crippen MR) is 173 cm³/mol. The summed E-state index contributed by atoms with van der Waals surface area (Å²) in [7, 11) is 0. The minimum absolute atomic E-state index is 0.122. The molecule has 21 heteroatoms. The van der Waals surface area contributed by atoms with E-state index in [1.165, 1.54) is 13.0 Å². The van der Waals surface area contributed by atoms with Gasteiger partial charge in [-0.25, -0.2) is 0 Å². The maximum Gasteiger partial charge on any atom is 0.239 e. The second-order valence-electron chi connectivity index (χ2n) is 13.1. The molecule has 3 aliphatic rings. The van der Waals surface area contributed by atoms with Crippen molar-refractivity contribution in [3.8, 4) is 40.1 Å². The Balaban J connectivity index is 1.34. The molecule has 0 spiro atoms. The SMILES string of the molecule is C[C@@H]1O[C@@H](OC[C@H]2OC(Oc3c(-c4ccc(O)c(O)c4)oc4cc(O[C@H]5O[C@H](CO)[C@H](O)[C@H](O)[C@H]5O)cc(O)c4c3=O)[C@H](O)[C@@H](O)[C@@H]2O)[C@H](O)[C@H](O)[C@@H]1O. The molecular weight excluding hydrogens is 732 g/mol. The quantitative estimate of drug-likeness (QED) is 0.0917. The highest BCUT2D eigenvalue weighted by molar-refractivity contribution is 5.88. The molecule has 6 rings (SSSR count). The topological polar surface area (TPSA) is 349 Å². The summed E-state index contributed by atoms with van der Waals surface area (Å²) in [5.41, 5.74) is -1.66. The molecule has 3 aliphatic heterocycles. The van der Waals surface area contributed by atoms with Gasteiger partial charge in [-0.1, -0.05) is 0 Å². The Labute approximate surface area is 303 Å². The lowest BCUT2D eigenvalue weighted by atomic mass is 9.98. The molecule has 1 aromatic heterocycles. The molecule has 3 fully saturated rings. The van der Waals surface area contributed by atoms with Crippen molar-refractivity contribution in [3.63, 3.8) is 0 Å². The second-order valence-corrected chi connectivity index (χ2v) is 13.1. The van der Waals surface area contributed by atoms with E-state index >= 15 is 0 Å². The zero-order chi connectivity index (χ0) is 39.3. The summed E-state index contributed by atoms with van der Waals surface area (Å²) < 4.78 is 39.1. The van der Waals surface area contributed by atoms with Gasteiger partial charge in [0.1, 0.15) is 89.6 Å². The summed E-state index contributed by atoms with van der Waals surface area (Å²) in [6, 6.07) is 5.15. The van der Waals surface area contributed by atoms with Gasteiger partial charge < -0.3 is 99.2 Å². The summed E-state index contributed by atoms with van der Waals surface area (Å²) in [5, 5.41) is 133. The second kappa shape index (κ2) is 15.7. The molecule has 3 aromatic rings. The van der Waals surface area contributed by atoms with E-state index in [0.29, 0.717) is 0 Å². The van der Waals surface area contributed by atoms with Crippen LogP contribution in [-0.4, -0.2) is 172 Å². The summed E-state index contributed by atoms with van der Waals surface area (Å²) in [6.07, 6.45) is -25.1. The molecular formula is C33H40O21. The fraction of sp³-hybridized carbons (Fsp3) is 0.545. The van der Waals surface area contributed by atoms with E-state index in [1.54, 1.807) is 0 Å². The van der Waals surface area contributed by atoms with Crippen LogP contribution < -0.4 is 14.9 Å². The summed E-state index contributed by atoms with van der Waals surface area (Å²) >= 11 is 0. The number of aliphatic hydroxyl groups excluding tert-OH is 10. The van der Waals surface area contributed by atoms with Crippen molar-refractivity contribution < 1.29 is 99.2 Å². The highest BCUT2D eigenvalue weighted by Crippen LogP contribution is 2.40. The highest BCUT2D eigenvalue weighted by Gasteiger charge is 2.48. The zero-order valence-electron chi connectivity index (χ0n) is 28.0. The first kappa shape index (κ1) is 39.8. The predicted octanol–water partition coefficient (Wildman–Crippen LogP) is -4.21. The largest absolute Gasteiger partial charge is 0.507 e. The molecule has 54 heavy (non-hydrogen) atoms. The van der Waals surface area contributed by atoms with Crippen LogP contribution in [0.15, 0.2) is 39.5 Å². The van der Waals surface area contributed by atoms with Gasteiger partial charge in [0.05, 0.1) is 19.3 Å². The van der Waals surface area contributed by atoms with Crippen molar-refractivity contribution in [2.75, 3.05) is 13.2 Å². The number of benzene rings is 2. The highest BCUT2D eigenvalue weighted by atomic mass is 16.7. The molecule has 298 valence electrons. The van der Waals surface area contributed by atoms with Crippen LogP contribution in [0, 0.1) is 0 Å². The average molecular weight is 773 g/mol. The first-order valence-electron chi connectivity index (χ1n) is 16.5. The lowest BCUT2D eigenvalue weighted by Gasteiger charge is -2.42. The fourth-order valence-corrected chi connectivity index (χ4v) is 6.19. The monoisotopic (exact) mass is 772 g/mol. The van der Waals surface area contributed by atoms with Gasteiger partial charge in [0.15, 0.2) is 23.5 Å². The van der Waals surface area contributed by atoms with Crippen LogP contribution in [0.25, 0.3) is 22.3 Å². The van der Waals surface area contributed by atoms with Gasteiger partial charge in [0.2, 0.25) is 23.8 Å². The van der Waals surface area contributed by atoms with Crippen LogP contribution in [0.5, 0.6) is 28.7 Å². The van der Waals surface area contributed by atoms with Crippen molar-refractivity contribution in [1.82, 2.24) is 0 Å². The molecule has 0 radical (unpaired) electrons. The average Bonchev–Trinajstić information content (AvgIpc) is 3.14. The number of aliphatic hydroxyl groups is 10. The lowest BCUT2D eigenvalue weighted by Crippen LogP contribution is -2.61. The number of phenolic OH excluding ortho intramolecular Hbond substituents is 3. The Bertz CT molecular complexity index is 1850. The van der Waals surface area contributed by atoms with Crippen LogP contribution in [0.2, 0.25) is 0 Å². The Kier molecular flexibility index (Phi) is 11.5. The molecule has 3 saturated heterocycles. The normalized spacial score (nSPS) is 37.3. The Morgan fingerprint density at radius 1 is 0.630 bits per heavy atom. The van der Waals surface area contributed by atoms with Crippen LogP contribution in [0.4, 0.5) is 0 Å². The molecule has 0 aliphatic carbocycles. The fourth-order valence-electron chi connectivity index (χ4n) is 6.19. The van der Waals surface area contributed by atoms with Crippen molar-refractivity contribution in [2.45, 2.75) is 99.0 Å². The van der Waals surface area contributed by atoms with Crippen LogP contribution in [-0.2, 0) is 18.9 Å². The molecule has 4 heterocycles.